The largest absolute Gasteiger partial charge is 0.453 e. The van der Waals surface area contributed by atoms with Gasteiger partial charge in [-0.25, -0.2) is 9.18 Å². The molecule has 0 aliphatic carbocycles. The van der Waals surface area contributed by atoms with Crippen LogP contribution in [-0.2, 0) is 4.74 Å². The fraction of sp³-hybridized carbons (Fsp3) is 0.611. The summed E-state index contributed by atoms with van der Waals surface area (Å²) in [6.07, 6.45) is 2.70. The second-order valence-electron chi connectivity index (χ2n) is 7.28. The van der Waals surface area contributed by atoms with Gasteiger partial charge in [0.05, 0.1) is 18.5 Å². The predicted octanol–water partition coefficient (Wildman–Crippen LogP) is 2.52. The fourth-order valence-corrected chi connectivity index (χ4v) is 3.94. The van der Waals surface area contributed by atoms with Gasteiger partial charge in [-0.15, -0.1) is 0 Å². The van der Waals surface area contributed by atoms with Crippen molar-refractivity contribution in [3.8, 4) is 0 Å². The number of carbonyl (C=O) groups is 1. The van der Waals surface area contributed by atoms with Crippen LogP contribution in [0.4, 0.5) is 20.6 Å². The third-order valence-electron chi connectivity index (χ3n) is 5.52. The first-order valence-corrected chi connectivity index (χ1v) is 8.81. The number of halogens is 1. The third kappa shape index (κ3) is 3.81. The maximum Gasteiger partial charge on any atom is 0.409 e. The lowest BCUT2D eigenvalue weighted by molar-refractivity contribution is 0.0773. The number of anilines is 2. The standard InChI is InChI=1S/C18H27FN4O2/c1-18(7-10-22(12-18)17(24)25-2)23-8-5-14(6-9-23)21-16-4-3-13(19)11-15(16)20/h3-4,11,14,21H,5-10,12,20H2,1-2H3. The van der Waals surface area contributed by atoms with Gasteiger partial charge in [0, 0.05) is 37.8 Å². The van der Waals surface area contributed by atoms with Gasteiger partial charge in [-0.05, 0) is 44.4 Å². The minimum atomic E-state index is -0.317. The van der Waals surface area contributed by atoms with Crippen LogP contribution in [-0.4, -0.2) is 60.8 Å². The highest BCUT2D eigenvalue weighted by atomic mass is 19.1. The number of piperidine rings is 1. The zero-order valence-electron chi connectivity index (χ0n) is 14.9. The number of methoxy groups -OCH3 is 1. The van der Waals surface area contributed by atoms with Gasteiger partial charge in [0.25, 0.3) is 0 Å². The summed E-state index contributed by atoms with van der Waals surface area (Å²) >= 11 is 0. The van der Waals surface area contributed by atoms with E-state index in [1.54, 1.807) is 11.0 Å². The summed E-state index contributed by atoms with van der Waals surface area (Å²) in [4.78, 5) is 16.0. The Labute approximate surface area is 148 Å². The van der Waals surface area contributed by atoms with Crippen LogP contribution in [0.1, 0.15) is 26.2 Å². The summed E-state index contributed by atoms with van der Waals surface area (Å²) in [5.41, 5.74) is 7.13. The minimum absolute atomic E-state index is 0.00800. The SMILES string of the molecule is COC(=O)N1CCC(C)(N2CCC(Nc3ccc(F)cc3N)CC2)C1. The Hall–Kier alpha value is -2.02. The number of hydrogen-bond acceptors (Lipinski definition) is 5. The zero-order chi connectivity index (χ0) is 18.0. The summed E-state index contributed by atoms with van der Waals surface area (Å²) in [6, 6.07) is 4.79. The molecule has 7 heteroatoms. The summed E-state index contributed by atoms with van der Waals surface area (Å²) < 4.78 is 18.0. The van der Waals surface area contributed by atoms with E-state index in [9.17, 15) is 9.18 Å². The topological polar surface area (TPSA) is 70.8 Å². The van der Waals surface area contributed by atoms with Crippen molar-refractivity contribution in [2.24, 2.45) is 0 Å². The Kier molecular flexibility index (Phi) is 5.03. The quantitative estimate of drug-likeness (QED) is 0.820. The van der Waals surface area contributed by atoms with E-state index in [2.05, 4.69) is 17.1 Å². The highest BCUT2D eigenvalue weighted by Gasteiger charge is 2.42. The van der Waals surface area contributed by atoms with Crippen molar-refractivity contribution < 1.29 is 13.9 Å². The molecule has 138 valence electrons. The molecule has 0 aromatic heterocycles. The summed E-state index contributed by atoms with van der Waals surface area (Å²) in [5, 5.41) is 3.43. The summed E-state index contributed by atoms with van der Waals surface area (Å²) in [7, 11) is 1.43. The monoisotopic (exact) mass is 350 g/mol. The van der Waals surface area contributed by atoms with Crippen molar-refractivity contribution in [1.29, 1.82) is 0 Å². The van der Waals surface area contributed by atoms with Crippen LogP contribution >= 0.6 is 0 Å². The van der Waals surface area contributed by atoms with Gasteiger partial charge in [-0.3, -0.25) is 4.90 Å². The van der Waals surface area contributed by atoms with Crippen LogP contribution in [0.2, 0.25) is 0 Å². The molecule has 2 aliphatic heterocycles. The summed E-state index contributed by atoms with van der Waals surface area (Å²) in [5.74, 6) is -0.317. The Morgan fingerprint density at radius 2 is 2.08 bits per heavy atom. The molecule has 1 aromatic rings. The van der Waals surface area contributed by atoms with Gasteiger partial charge in [0.2, 0.25) is 0 Å². The first kappa shape index (κ1) is 17.8. The molecule has 1 unspecified atom stereocenters. The molecule has 1 amide bonds. The predicted molar refractivity (Wildman–Crippen MR) is 96.0 cm³/mol. The molecule has 2 aliphatic rings. The number of nitrogens with one attached hydrogen (secondary N) is 1. The number of rotatable bonds is 3. The molecule has 2 saturated heterocycles. The molecule has 2 heterocycles. The Balaban J connectivity index is 1.54. The molecular formula is C18H27FN4O2. The van der Waals surface area contributed by atoms with Crippen molar-refractivity contribution in [3.63, 3.8) is 0 Å². The lowest BCUT2D eigenvalue weighted by Gasteiger charge is -2.43. The normalized spacial score (nSPS) is 25.2. The van der Waals surface area contributed by atoms with E-state index in [1.165, 1.54) is 19.2 Å². The summed E-state index contributed by atoms with van der Waals surface area (Å²) in [6.45, 7) is 5.60. The molecule has 0 bridgehead atoms. The van der Waals surface area contributed by atoms with Gasteiger partial charge < -0.3 is 20.7 Å². The number of amides is 1. The molecular weight excluding hydrogens is 323 g/mol. The highest BCUT2D eigenvalue weighted by Crippen LogP contribution is 2.31. The van der Waals surface area contributed by atoms with E-state index < -0.39 is 0 Å². The van der Waals surface area contributed by atoms with Crippen LogP contribution in [0.3, 0.4) is 0 Å². The van der Waals surface area contributed by atoms with Gasteiger partial charge in [-0.1, -0.05) is 0 Å². The number of ether oxygens (including phenoxy) is 1. The van der Waals surface area contributed by atoms with Gasteiger partial charge >= 0.3 is 6.09 Å². The number of nitrogens with two attached hydrogens (primary N) is 1. The van der Waals surface area contributed by atoms with Crippen molar-refractivity contribution in [1.82, 2.24) is 9.80 Å². The van der Waals surface area contributed by atoms with E-state index in [0.29, 0.717) is 18.3 Å². The molecule has 0 radical (unpaired) electrons. The maximum absolute atomic E-state index is 13.2. The minimum Gasteiger partial charge on any atom is -0.453 e. The van der Waals surface area contributed by atoms with E-state index in [1.807, 2.05) is 0 Å². The Morgan fingerprint density at radius 1 is 1.36 bits per heavy atom. The van der Waals surface area contributed by atoms with Crippen molar-refractivity contribution in [2.75, 3.05) is 44.3 Å². The van der Waals surface area contributed by atoms with E-state index in [0.717, 1.165) is 44.6 Å². The molecule has 25 heavy (non-hydrogen) atoms. The lowest BCUT2D eigenvalue weighted by Crippen LogP contribution is -2.53. The van der Waals surface area contributed by atoms with E-state index >= 15 is 0 Å². The van der Waals surface area contributed by atoms with Crippen molar-refractivity contribution >= 4 is 17.5 Å². The Morgan fingerprint density at radius 3 is 2.72 bits per heavy atom. The van der Waals surface area contributed by atoms with E-state index in [4.69, 9.17) is 10.5 Å². The molecule has 3 rings (SSSR count). The number of likely N-dealkylation sites (tertiary alicyclic amines) is 2. The van der Waals surface area contributed by atoms with Crippen LogP contribution in [0.15, 0.2) is 18.2 Å². The number of carbonyl (C=O) groups excluding carboxylic acids is 1. The van der Waals surface area contributed by atoms with Crippen LogP contribution in [0.5, 0.6) is 0 Å². The highest BCUT2D eigenvalue weighted by molar-refractivity contribution is 5.68. The molecule has 1 aromatic carbocycles. The van der Waals surface area contributed by atoms with Crippen LogP contribution < -0.4 is 11.1 Å². The smallest absolute Gasteiger partial charge is 0.409 e. The molecule has 3 N–H and O–H groups in total. The fourth-order valence-electron chi connectivity index (χ4n) is 3.94. The number of hydrogen-bond donors (Lipinski definition) is 2. The first-order valence-electron chi connectivity index (χ1n) is 8.81. The third-order valence-corrected chi connectivity index (χ3v) is 5.52. The zero-order valence-corrected chi connectivity index (χ0v) is 14.9. The van der Waals surface area contributed by atoms with Gasteiger partial charge in [0.1, 0.15) is 5.82 Å². The van der Waals surface area contributed by atoms with Gasteiger partial charge in [0.15, 0.2) is 0 Å². The average molecular weight is 350 g/mol. The van der Waals surface area contributed by atoms with E-state index in [-0.39, 0.29) is 17.4 Å². The number of benzene rings is 1. The molecule has 2 fully saturated rings. The Bertz CT molecular complexity index is 634. The van der Waals surface area contributed by atoms with Crippen molar-refractivity contribution in [3.05, 3.63) is 24.0 Å². The number of nitrogen functional groups attached to an aromatic ring is 1. The van der Waals surface area contributed by atoms with Crippen molar-refractivity contribution in [2.45, 2.75) is 37.8 Å². The molecule has 6 nitrogen and oxygen atoms in total. The molecule has 1 atom stereocenters. The second kappa shape index (κ2) is 7.07. The van der Waals surface area contributed by atoms with Crippen LogP contribution in [0, 0.1) is 5.82 Å². The number of nitrogens with zero attached hydrogens (tertiary/aromatic N) is 2. The molecule has 0 saturated carbocycles. The first-order chi connectivity index (χ1) is 11.9. The van der Waals surface area contributed by atoms with Gasteiger partial charge in [-0.2, -0.15) is 0 Å². The second-order valence-corrected chi connectivity index (χ2v) is 7.28. The van der Waals surface area contributed by atoms with Crippen LogP contribution in [0.25, 0.3) is 0 Å². The lowest BCUT2D eigenvalue weighted by atomic mass is 9.94. The maximum atomic E-state index is 13.2. The molecule has 0 spiro atoms. The average Bonchev–Trinajstić information content (AvgIpc) is 3.01.